The van der Waals surface area contributed by atoms with Gasteiger partial charge in [-0.3, -0.25) is 4.79 Å². The number of hydrogen-bond acceptors (Lipinski definition) is 2. The highest BCUT2D eigenvalue weighted by Crippen LogP contribution is 2.26. The van der Waals surface area contributed by atoms with E-state index in [4.69, 9.17) is 27.9 Å². The molecular weight excluding hydrogens is 247 g/mol. The number of carbonyl (C=O) groups is 1. The summed E-state index contributed by atoms with van der Waals surface area (Å²) < 4.78 is 5.50. The summed E-state index contributed by atoms with van der Waals surface area (Å²) in [5, 5.41) is 0.241. The van der Waals surface area contributed by atoms with Gasteiger partial charge in [-0.25, -0.2) is 0 Å². The van der Waals surface area contributed by atoms with Crippen molar-refractivity contribution >= 4 is 28.4 Å². The predicted octanol–water partition coefficient (Wildman–Crippen LogP) is 3.88. The lowest BCUT2D eigenvalue weighted by molar-refractivity contribution is -0.117. The number of carbonyl (C=O) groups excluding carboxylic acids is 1. The van der Waals surface area contributed by atoms with Crippen LogP contribution < -0.4 is 4.74 Å². The summed E-state index contributed by atoms with van der Waals surface area (Å²) in [5.74, 6) is 0.625. The van der Waals surface area contributed by atoms with Crippen LogP contribution in [0.1, 0.15) is 24.5 Å². The number of benzene rings is 1. The molecule has 1 aromatic rings. The largest absolute Gasteiger partial charge is 0.481 e. The minimum Gasteiger partial charge on any atom is -0.481 e. The molecule has 0 fully saturated rings. The summed E-state index contributed by atoms with van der Waals surface area (Å²) in [5.41, 5.74) is 1.85. The lowest BCUT2D eigenvalue weighted by atomic mass is 10.1. The number of halogens is 2. The molecule has 0 aliphatic heterocycles. The van der Waals surface area contributed by atoms with Crippen molar-refractivity contribution in [1.29, 1.82) is 0 Å². The molecule has 0 bridgehead atoms. The van der Waals surface area contributed by atoms with E-state index in [2.05, 4.69) is 0 Å². The molecule has 0 N–H and O–H groups in total. The fourth-order valence-corrected chi connectivity index (χ4v) is 1.74. The summed E-state index contributed by atoms with van der Waals surface area (Å²) >= 11 is 11.4. The molecule has 0 spiro atoms. The van der Waals surface area contributed by atoms with E-state index in [1.165, 1.54) is 0 Å². The first-order valence-corrected chi connectivity index (χ1v) is 5.84. The van der Waals surface area contributed by atoms with Crippen LogP contribution in [0.4, 0.5) is 0 Å². The molecule has 1 unspecified atom stereocenters. The highest BCUT2D eigenvalue weighted by molar-refractivity contribution is 6.64. The summed E-state index contributed by atoms with van der Waals surface area (Å²) in [6.07, 6.45) is -0.0510. The molecule has 0 radical (unpaired) electrons. The third-order valence-electron chi connectivity index (χ3n) is 2.31. The van der Waals surface area contributed by atoms with Gasteiger partial charge in [-0.05, 0) is 55.1 Å². The van der Waals surface area contributed by atoms with Gasteiger partial charge in [-0.15, -0.1) is 0 Å². The van der Waals surface area contributed by atoms with Crippen molar-refractivity contribution in [2.75, 3.05) is 0 Å². The van der Waals surface area contributed by atoms with E-state index in [-0.39, 0.29) is 0 Å². The molecule has 0 amide bonds. The first-order valence-electron chi connectivity index (χ1n) is 5.08. The van der Waals surface area contributed by atoms with Gasteiger partial charge in [0.05, 0.1) is 0 Å². The molecule has 0 heterocycles. The van der Waals surface area contributed by atoms with Gasteiger partial charge in [-0.1, -0.05) is 18.5 Å². The Morgan fingerprint density at radius 3 is 2.25 bits per heavy atom. The van der Waals surface area contributed by atoms with Crippen LogP contribution in [0.2, 0.25) is 5.02 Å². The average Bonchev–Trinajstić information content (AvgIpc) is 2.21. The van der Waals surface area contributed by atoms with Gasteiger partial charge in [0, 0.05) is 5.02 Å². The Labute approximate surface area is 106 Å². The van der Waals surface area contributed by atoms with Crippen molar-refractivity contribution in [2.24, 2.45) is 0 Å². The third kappa shape index (κ3) is 3.13. The van der Waals surface area contributed by atoms with Crippen LogP contribution in [0.3, 0.4) is 0 Å². The fourth-order valence-electron chi connectivity index (χ4n) is 1.43. The Balaban J connectivity index is 2.93. The van der Waals surface area contributed by atoms with Gasteiger partial charge < -0.3 is 4.74 Å². The molecule has 16 heavy (non-hydrogen) atoms. The van der Waals surface area contributed by atoms with Crippen LogP contribution in [0, 0.1) is 13.8 Å². The van der Waals surface area contributed by atoms with Crippen LogP contribution in [0.15, 0.2) is 12.1 Å². The van der Waals surface area contributed by atoms with Crippen molar-refractivity contribution in [2.45, 2.75) is 33.3 Å². The number of rotatable bonds is 4. The standard InChI is InChI=1S/C12H14Cl2O2/c1-4-10(12(14)15)16-9-5-7(2)11(13)8(3)6-9/h5-6,10H,4H2,1-3H3. The lowest BCUT2D eigenvalue weighted by Crippen LogP contribution is -2.22. The van der Waals surface area contributed by atoms with Crippen LogP contribution in [0.5, 0.6) is 5.75 Å². The Morgan fingerprint density at radius 1 is 1.38 bits per heavy atom. The number of aryl methyl sites for hydroxylation is 2. The molecule has 4 heteroatoms. The topological polar surface area (TPSA) is 26.3 Å². The molecule has 1 rings (SSSR count). The quantitative estimate of drug-likeness (QED) is 0.769. The zero-order valence-electron chi connectivity index (χ0n) is 9.51. The van der Waals surface area contributed by atoms with Crippen molar-refractivity contribution < 1.29 is 9.53 Å². The van der Waals surface area contributed by atoms with E-state index in [0.717, 1.165) is 16.1 Å². The van der Waals surface area contributed by atoms with Gasteiger partial charge in [0.15, 0.2) is 6.10 Å². The second-order valence-corrected chi connectivity index (χ2v) is 4.44. The minimum absolute atomic E-state index is 0.479. The highest BCUT2D eigenvalue weighted by Gasteiger charge is 2.16. The highest BCUT2D eigenvalue weighted by atomic mass is 35.5. The van der Waals surface area contributed by atoms with E-state index in [1.807, 2.05) is 20.8 Å². The van der Waals surface area contributed by atoms with Crippen LogP contribution in [-0.2, 0) is 4.79 Å². The second-order valence-electron chi connectivity index (χ2n) is 3.69. The maximum absolute atomic E-state index is 11.0. The third-order valence-corrected chi connectivity index (χ3v) is 3.15. The normalized spacial score (nSPS) is 12.3. The predicted molar refractivity (Wildman–Crippen MR) is 66.5 cm³/mol. The molecule has 1 aromatic carbocycles. The molecule has 88 valence electrons. The molecule has 2 nitrogen and oxygen atoms in total. The minimum atomic E-state index is -0.596. The van der Waals surface area contributed by atoms with Crippen molar-refractivity contribution in [3.63, 3.8) is 0 Å². The van der Waals surface area contributed by atoms with Gasteiger partial charge in [0.1, 0.15) is 5.75 Å². The van der Waals surface area contributed by atoms with Crippen LogP contribution in [0.25, 0.3) is 0 Å². The smallest absolute Gasteiger partial charge is 0.262 e. The van der Waals surface area contributed by atoms with E-state index < -0.39 is 11.3 Å². The molecule has 1 atom stereocenters. The van der Waals surface area contributed by atoms with Crippen molar-refractivity contribution in [3.8, 4) is 5.75 Å². The van der Waals surface area contributed by atoms with Gasteiger partial charge in [0.2, 0.25) is 0 Å². The summed E-state index contributed by atoms with van der Waals surface area (Å²) in [6, 6.07) is 3.61. The van der Waals surface area contributed by atoms with E-state index >= 15 is 0 Å². The van der Waals surface area contributed by atoms with Crippen molar-refractivity contribution in [1.82, 2.24) is 0 Å². The number of ether oxygens (including phenoxy) is 1. The van der Waals surface area contributed by atoms with Crippen molar-refractivity contribution in [3.05, 3.63) is 28.3 Å². The molecule has 0 saturated heterocycles. The Morgan fingerprint density at radius 2 is 1.88 bits per heavy atom. The molecule has 0 saturated carbocycles. The molecular formula is C12H14Cl2O2. The molecule has 0 aliphatic carbocycles. The SMILES string of the molecule is CCC(Oc1cc(C)c(Cl)c(C)c1)C(=O)Cl. The zero-order valence-corrected chi connectivity index (χ0v) is 11.0. The maximum atomic E-state index is 11.0. The summed E-state index contributed by atoms with van der Waals surface area (Å²) in [4.78, 5) is 11.0. The Hall–Kier alpha value is -0.730. The van der Waals surface area contributed by atoms with Crippen LogP contribution >= 0.6 is 23.2 Å². The molecule has 0 aliphatic rings. The first-order chi connectivity index (χ1) is 7.45. The van der Waals surface area contributed by atoms with Gasteiger partial charge in [0.25, 0.3) is 5.24 Å². The van der Waals surface area contributed by atoms with Gasteiger partial charge in [-0.2, -0.15) is 0 Å². The lowest BCUT2D eigenvalue weighted by Gasteiger charge is -2.15. The monoisotopic (exact) mass is 260 g/mol. The summed E-state index contributed by atoms with van der Waals surface area (Å²) in [7, 11) is 0. The second kappa shape index (κ2) is 5.55. The fraction of sp³-hybridized carbons (Fsp3) is 0.417. The molecule has 0 aromatic heterocycles. The van der Waals surface area contributed by atoms with E-state index in [0.29, 0.717) is 12.2 Å². The zero-order chi connectivity index (χ0) is 12.3. The number of hydrogen-bond donors (Lipinski definition) is 0. The average molecular weight is 261 g/mol. The maximum Gasteiger partial charge on any atom is 0.262 e. The van der Waals surface area contributed by atoms with Gasteiger partial charge >= 0.3 is 0 Å². The Bertz CT molecular complexity index is 379. The first kappa shape index (κ1) is 13.3. The Kier molecular flexibility index (Phi) is 4.63. The van der Waals surface area contributed by atoms with E-state index in [9.17, 15) is 4.79 Å². The summed E-state index contributed by atoms with van der Waals surface area (Å²) in [6.45, 7) is 5.64. The van der Waals surface area contributed by atoms with Crippen LogP contribution in [-0.4, -0.2) is 11.3 Å². The van der Waals surface area contributed by atoms with E-state index in [1.54, 1.807) is 12.1 Å².